The Morgan fingerprint density at radius 3 is 2.58 bits per heavy atom. The molecule has 0 aliphatic rings. The molecule has 6 heteroatoms. The van der Waals surface area contributed by atoms with E-state index < -0.39 is 10.1 Å². The van der Waals surface area contributed by atoms with E-state index in [2.05, 4.69) is 17.5 Å². The van der Waals surface area contributed by atoms with Gasteiger partial charge in [0.1, 0.15) is 0 Å². The van der Waals surface area contributed by atoms with E-state index in [1.54, 1.807) is 6.07 Å². The zero-order valence-electron chi connectivity index (χ0n) is 5.93. The van der Waals surface area contributed by atoms with Gasteiger partial charge in [0.2, 0.25) is 0 Å². The SMILES string of the molecule is O=S(=O)(O)c1cccc(NS)c1. The van der Waals surface area contributed by atoms with Gasteiger partial charge in [0.25, 0.3) is 10.1 Å². The first kappa shape index (κ1) is 9.37. The number of nitrogens with one attached hydrogen (secondary N) is 1. The lowest BCUT2D eigenvalue weighted by Crippen LogP contribution is -1.97. The predicted octanol–water partition coefficient (Wildman–Crippen LogP) is 1.19. The molecular formula is C6H7NO3S2. The van der Waals surface area contributed by atoms with Crippen molar-refractivity contribution in [2.75, 3.05) is 4.72 Å². The third-order valence-electron chi connectivity index (χ3n) is 1.26. The highest BCUT2D eigenvalue weighted by atomic mass is 32.2. The Hall–Kier alpha value is -0.720. The van der Waals surface area contributed by atoms with Gasteiger partial charge >= 0.3 is 0 Å². The van der Waals surface area contributed by atoms with E-state index in [1.807, 2.05) is 0 Å². The second-order valence-corrected chi connectivity index (χ2v) is 3.76. The first-order valence-corrected chi connectivity index (χ1v) is 4.90. The molecule has 1 aromatic rings. The normalized spacial score (nSPS) is 11.2. The lowest BCUT2D eigenvalue weighted by atomic mass is 10.3. The van der Waals surface area contributed by atoms with Crippen molar-refractivity contribution in [2.45, 2.75) is 4.90 Å². The summed E-state index contributed by atoms with van der Waals surface area (Å²) in [7, 11) is -4.11. The highest BCUT2D eigenvalue weighted by Gasteiger charge is 2.08. The summed E-state index contributed by atoms with van der Waals surface area (Å²) in [5.41, 5.74) is 0.508. The van der Waals surface area contributed by atoms with Gasteiger partial charge in [0, 0.05) is 5.69 Å². The van der Waals surface area contributed by atoms with Crippen molar-refractivity contribution in [3.63, 3.8) is 0 Å². The summed E-state index contributed by atoms with van der Waals surface area (Å²) in [6.07, 6.45) is 0. The van der Waals surface area contributed by atoms with Gasteiger partial charge in [0.05, 0.1) is 4.90 Å². The van der Waals surface area contributed by atoms with E-state index in [-0.39, 0.29) is 4.90 Å². The van der Waals surface area contributed by atoms with Crippen molar-refractivity contribution >= 4 is 28.6 Å². The van der Waals surface area contributed by atoms with E-state index in [4.69, 9.17) is 4.55 Å². The minimum Gasteiger partial charge on any atom is -0.332 e. The Kier molecular flexibility index (Phi) is 2.61. The van der Waals surface area contributed by atoms with Crippen LogP contribution in [-0.2, 0) is 10.1 Å². The lowest BCUT2D eigenvalue weighted by molar-refractivity contribution is 0.483. The van der Waals surface area contributed by atoms with Gasteiger partial charge in [-0.25, -0.2) is 0 Å². The van der Waals surface area contributed by atoms with E-state index >= 15 is 0 Å². The predicted molar refractivity (Wildman–Crippen MR) is 48.9 cm³/mol. The monoisotopic (exact) mass is 205 g/mol. The standard InChI is InChI=1S/C6H7NO3S2/c8-12(9,10)6-3-1-2-5(4-6)7-11/h1-4,7,11H,(H,8,9,10). The number of hydrogen-bond donors (Lipinski definition) is 3. The molecule has 4 nitrogen and oxygen atoms in total. The topological polar surface area (TPSA) is 66.4 Å². The summed E-state index contributed by atoms with van der Waals surface area (Å²) in [6, 6.07) is 5.70. The maximum absolute atomic E-state index is 10.6. The van der Waals surface area contributed by atoms with Crippen LogP contribution in [0.4, 0.5) is 5.69 Å². The molecule has 0 unspecified atom stereocenters. The second-order valence-electron chi connectivity index (χ2n) is 2.11. The Labute approximate surface area is 75.9 Å². The van der Waals surface area contributed by atoms with E-state index in [9.17, 15) is 8.42 Å². The number of hydrogen-bond acceptors (Lipinski definition) is 4. The van der Waals surface area contributed by atoms with Crippen molar-refractivity contribution < 1.29 is 13.0 Å². The average Bonchev–Trinajstić information content (AvgIpc) is 2.03. The third-order valence-corrected chi connectivity index (χ3v) is 2.37. The number of thiol groups is 1. The molecule has 0 atom stereocenters. The molecule has 0 fully saturated rings. The van der Waals surface area contributed by atoms with Gasteiger partial charge in [-0.05, 0) is 18.2 Å². The summed E-state index contributed by atoms with van der Waals surface area (Å²) in [5, 5.41) is 0. The Balaban J connectivity index is 3.20. The number of benzene rings is 1. The molecule has 0 saturated carbocycles. The van der Waals surface area contributed by atoms with Crippen LogP contribution >= 0.6 is 12.8 Å². The Morgan fingerprint density at radius 1 is 1.42 bits per heavy atom. The molecule has 1 rings (SSSR count). The molecule has 12 heavy (non-hydrogen) atoms. The summed E-state index contributed by atoms with van der Waals surface area (Å²) >= 11 is 3.73. The van der Waals surface area contributed by atoms with Gasteiger partial charge in [-0.15, -0.1) is 0 Å². The van der Waals surface area contributed by atoms with Crippen LogP contribution in [0.1, 0.15) is 0 Å². The molecule has 0 saturated heterocycles. The minimum atomic E-state index is -4.11. The van der Waals surface area contributed by atoms with E-state index in [1.165, 1.54) is 18.2 Å². The minimum absolute atomic E-state index is 0.151. The first-order chi connectivity index (χ1) is 5.54. The zero-order valence-corrected chi connectivity index (χ0v) is 7.64. The summed E-state index contributed by atoms with van der Waals surface area (Å²) in [4.78, 5) is -0.151. The highest BCUT2D eigenvalue weighted by Crippen LogP contribution is 2.15. The molecular weight excluding hydrogens is 198 g/mol. The molecule has 0 heterocycles. The third kappa shape index (κ3) is 2.13. The van der Waals surface area contributed by atoms with Gasteiger partial charge in [-0.2, -0.15) is 8.42 Å². The van der Waals surface area contributed by atoms with Crippen LogP contribution in [0.15, 0.2) is 29.2 Å². The van der Waals surface area contributed by atoms with Crippen molar-refractivity contribution in [1.29, 1.82) is 0 Å². The Morgan fingerprint density at radius 2 is 2.08 bits per heavy atom. The molecule has 1 aromatic carbocycles. The maximum Gasteiger partial charge on any atom is 0.294 e. The molecule has 2 N–H and O–H groups in total. The van der Waals surface area contributed by atoms with E-state index in [0.29, 0.717) is 5.69 Å². The quantitative estimate of drug-likeness (QED) is 0.501. The van der Waals surface area contributed by atoms with Crippen LogP contribution in [0.25, 0.3) is 0 Å². The summed E-state index contributed by atoms with van der Waals surface area (Å²) in [6.45, 7) is 0. The fourth-order valence-corrected chi connectivity index (χ4v) is 1.39. The molecule has 0 spiro atoms. The second kappa shape index (κ2) is 3.34. The van der Waals surface area contributed by atoms with Gasteiger partial charge in [-0.3, -0.25) is 4.55 Å². The Bertz CT molecular complexity index is 374. The summed E-state index contributed by atoms with van der Waals surface area (Å²) in [5.74, 6) is 0. The van der Waals surface area contributed by atoms with Crippen LogP contribution < -0.4 is 4.72 Å². The largest absolute Gasteiger partial charge is 0.332 e. The van der Waals surface area contributed by atoms with Crippen LogP contribution in [0, 0.1) is 0 Å². The zero-order chi connectivity index (χ0) is 9.19. The molecule has 0 amide bonds. The van der Waals surface area contributed by atoms with Crippen molar-refractivity contribution in [2.24, 2.45) is 0 Å². The molecule has 66 valence electrons. The lowest BCUT2D eigenvalue weighted by Gasteiger charge is -2.00. The maximum atomic E-state index is 10.6. The van der Waals surface area contributed by atoms with Gasteiger partial charge < -0.3 is 4.72 Å². The fourth-order valence-electron chi connectivity index (χ4n) is 0.726. The molecule has 0 aliphatic heterocycles. The molecule has 0 aromatic heterocycles. The van der Waals surface area contributed by atoms with Gasteiger partial charge in [0.15, 0.2) is 0 Å². The van der Waals surface area contributed by atoms with Crippen LogP contribution in [0.2, 0.25) is 0 Å². The molecule has 0 aliphatic carbocycles. The number of anilines is 1. The van der Waals surface area contributed by atoms with Crippen molar-refractivity contribution in [1.82, 2.24) is 0 Å². The van der Waals surface area contributed by atoms with E-state index in [0.717, 1.165) is 0 Å². The number of rotatable bonds is 2. The average molecular weight is 205 g/mol. The fraction of sp³-hybridized carbons (Fsp3) is 0. The van der Waals surface area contributed by atoms with Crippen molar-refractivity contribution in [3.8, 4) is 0 Å². The van der Waals surface area contributed by atoms with Gasteiger partial charge in [-0.1, -0.05) is 18.9 Å². The summed E-state index contributed by atoms with van der Waals surface area (Å²) < 4.78 is 32.3. The smallest absolute Gasteiger partial charge is 0.294 e. The van der Waals surface area contributed by atoms with Crippen LogP contribution in [-0.4, -0.2) is 13.0 Å². The molecule has 0 radical (unpaired) electrons. The van der Waals surface area contributed by atoms with Crippen LogP contribution in [0.5, 0.6) is 0 Å². The molecule has 0 bridgehead atoms. The van der Waals surface area contributed by atoms with Crippen LogP contribution in [0.3, 0.4) is 0 Å². The highest BCUT2D eigenvalue weighted by molar-refractivity contribution is 7.85. The van der Waals surface area contributed by atoms with Crippen molar-refractivity contribution in [3.05, 3.63) is 24.3 Å². The first-order valence-electron chi connectivity index (χ1n) is 3.02.